The Hall–Kier alpha value is -2.03. The van der Waals surface area contributed by atoms with Crippen LogP contribution in [0.15, 0.2) is 36.4 Å². The highest BCUT2D eigenvalue weighted by molar-refractivity contribution is 5.97. The van der Waals surface area contributed by atoms with Gasteiger partial charge in [0.05, 0.1) is 7.11 Å². The average molecular weight is 201 g/mol. The SMILES string of the molecule is COc1cc2ccccc2cc1C([O])=O. The van der Waals surface area contributed by atoms with E-state index in [1.54, 1.807) is 12.1 Å². The van der Waals surface area contributed by atoms with Gasteiger partial charge in [-0.2, -0.15) is 0 Å². The monoisotopic (exact) mass is 201 g/mol. The second kappa shape index (κ2) is 3.61. The van der Waals surface area contributed by atoms with Crippen LogP contribution in [0.25, 0.3) is 10.8 Å². The van der Waals surface area contributed by atoms with Crippen molar-refractivity contribution in [2.45, 2.75) is 0 Å². The van der Waals surface area contributed by atoms with Crippen molar-refractivity contribution in [3.63, 3.8) is 0 Å². The zero-order valence-electron chi connectivity index (χ0n) is 8.19. The molecule has 2 rings (SSSR count). The van der Waals surface area contributed by atoms with E-state index in [0.29, 0.717) is 5.75 Å². The molecule has 2 aromatic rings. The molecule has 0 saturated carbocycles. The summed E-state index contributed by atoms with van der Waals surface area (Å²) in [6.07, 6.45) is 0. The topological polar surface area (TPSA) is 46.2 Å². The van der Waals surface area contributed by atoms with Crippen LogP contribution in [0.2, 0.25) is 0 Å². The lowest BCUT2D eigenvalue weighted by atomic mass is 10.1. The lowest BCUT2D eigenvalue weighted by Gasteiger charge is -2.05. The minimum Gasteiger partial charge on any atom is -0.496 e. The summed E-state index contributed by atoms with van der Waals surface area (Å²) in [6.45, 7) is 0. The van der Waals surface area contributed by atoms with Gasteiger partial charge in [0.15, 0.2) is 0 Å². The third kappa shape index (κ3) is 1.64. The Morgan fingerprint density at radius 1 is 1.13 bits per heavy atom. The summed E-state index contributed by atoms with van der Waals surface area (Å²) in [5, 5.41) is 12.6. The smallest absolute Gasteiger partial charge is 0.390 e. The Morgan fingerprint density at radius 3 is 2.27 bits per heavy atom. The molecule has 0 heterocycles. The van der Waals surface area contributed by atoms with E-state index in [9.17, 15) is 9.90 Å². The van der Waals surface area contributed by atoms with Crippen molar-refractivity contribution in [3.05, 3.63) is 42.0 Å². The van der Waals surface area contributed by atoms with Crippen molar-refractivity contribution in [3.8, 4) is 5.75 Å². The number of fused-ring (bicyclic) bond motifs is 1. The second-order valence-electron chi connectivity index (χ2n) is 3.19. The van der Waals surface area contributed by atoms with Crippen LogP contribution >= 0.6 is 0 Å². The third-order valence-electron chi connectivity index (χ3n) is 2.29. The van der Waals surface area contributed by atoms with Gasteiger partial charge >= 0.3 is 5.97 Å². The summed E-state index contributed by atoms with van der Waals surface area (Å²) in [7, 11) is 1.44. The fourth-order valence-corrected chi connectivity index (χ4v) is 1.55. The molecule has 3 heteroatoms. The molecule has 0 fully saturated rings. The molecular weight excluding hydrogens is 192 g/mol. The number of hydrogen-bond acceptors (Lipinski definition) is 2. The summed E-state index contributed by atoms with van der Waals surface area (Å²) in [6, 6.07) is 10.7. The van der Waals surface area contributed by atoms with E-state index < -0.39 is 5.97 Å². The maximum atomic E-state index is 10.8. The van der Waals surface area contributed by atoms with Gasteiger partial charge in [0.1, 0.15) is 11.3 Å². The minimum absolute atomic E-state index is 0.0798. The molecule has 0 aromatic heterocycles. The van der Waals surface area contributed by atoms with Crippen molar-refractivity contribution in [1.82, 2.24) is 0 Å². The molecule has 0 spiro atoms. The average Bonchev–Trinajstić information content (AvgIpc) is 2.27. The Labute approximate surface area is 86.9 Å². The third-order valence-corrected chi connectivity index (χ3v) is 2.29. The van der Waals surface area contributed by atoms with Crippen molar-refractivity contribution >= 4 is 16.7 Å². The summed E-state index contributed by atoms with van der Waals surface area (Å²) in [4.78, 5) is 10.8. The number of rotatable bonds is 2. The van der Waals surface area contributed by atoms with Crippen molar-refractivity contribution in [2.24, 2.45) is 0 Å². The van der Waals surface area contributed by atoms with Gasteiger partial charge < -0.3 is 4.74 Å². The van der Waals surface area contributed by atoms with Crippen LogP contribution in [0.1, 0.15) is 10.4 Å². The molecule has 75 valence electrons. The number of carbonyl (C=O) groups is 1. The first-order valence-corrected chi connectivity index (χ1v) is 4.50. The Morgan fingerprint density at radius 2 is 1.73 bits per heavy atom. The van der Waals surface area contributed by atoms with E-state index in [1.165, 1.54) is 7.11 Å². The number of methoxy groups -OCH3 is 1. The van der Waals surface area contributed by atoms with Gasteiger partial charge in [-0.3, -0.25) is 0 Å². The van der Waals surface area contributed by atoms with E-state index in [0.717, 1.165) is 10.8 Å². The number of benzene rings is 2. The Bertz CT molecular complexity index is 517. The van der Waals surface area contributed by atoms with Gasteiger partial charge in [-0.25, -0.2) is 9.90 Å². The Kier molecular flexibility index (Phi) is 2.29. The van der Waals surface area contributed by atoms with E-state index in [1.807, 2.05) is 24.3 Å². The fourth-order valence-electron chi connectivity index (χ4n) is 1.55. The summed E-state index contributed by atoms with van der Waals surface area (Å²) in [5.41, 5.74) is 0.0798. The lowest BCUT2D eigenvalue weighted by molar-refractivity contribution is 0.0570. The molecule has 2 aromatic carbocycles. The zero-order chi connectivity index (χ0) is 10.8. The first kappa shape index (κ1) is 9.52. The van der Waals surface area contributed by atoms with Crippen LogP contribution in [0.3, 0.4) is 0 Å². The molecule has 0 aliphatic carbocycles. The van der Waals surface area contributed by atoms with Crippen LogP contribution in [0, 0.1) is 0 Å². The molecule has 0 amide bonds. The lowest BCUT2D eigenvalue weighted by Crippen LogP contribution is -1.98. The predicted molar refractivity (Wildman–Crippen MR) is 55.5 cm³/mol. The molecule has 0 aliphatic heterocycles. The molecule has 0 aliphatic rings. The van der Waals surface area contributed by atoms with Gasteiger partial charge in [0, 0.05) is 0 Å². The van der Waals surface area contributed by atoms with Crippen LogP contribution in [0.4, 0.5) is 0 Å². The van der Waals surface area contributed by atoms with Gasteiger partial charge in [-0.15, -0.1) is 0 Å². The standard InChI is InChI=1S/C12H9O3/c1-15-11-7-9-5-3-2-4-8(9)6-10(11)12(13)14/h2-7H,1H3. The van der Waals surface area contributed by atoms with Gasteiger partial charge in [-0.1, -0.05) is 24.3 Å². The van der Waals surface area contributed by atoms with Crippen LogP contribution in [0.5, 0.6) is 5.75 Å². The maximum Gasteiger partial charge on any atom is 0.390 e. The summed E-state index contributed by atoms with van der Waals surface area (Å²) >= 11 is 0. The van der Waals surface area contributed by atoms with Crippen molar-refractivity contribution in [2.75, 3.05) is 7.11 Å². The molecule has 0 bridgehead atoms. The van der Waals surface area contributed by atoms with Gasteiger partial charge in [0.25, 0.3) is 0 Å². The predicted octanol–water partition coefficient (Wildman–Crippen LogP) is 2.42. The van der Waals surface area contributed by atoms with Crippen LogP contribution in [-0.2, 0) is 5.11 Å². The van der Waals surface area contributed by atoms with Crippen LogP contribution in [-0.4, -0.2) is 13.1 Å². The molecule has 15 heavy (non-hydrogen) atoms. The molecule has 0 unspecified atom stereocenters. The number of carbonyl (C=O) groups excluding carboxylic acids is 1. The quantitative estimate of drug-likeness (QED) is 0.749. The van der Waals surface area contributed by atoms with E-state index >= 15 is 0 Å². The highest BCUT2D eigenvalue weighted by atomic mass is 16.5. The minimum atomic E-state index is -1.22. The van der Waals surface area contributed by atoms with E-state index in [4.69, 9.17) is 4.74 Å². The highest BCUT2D eigenvalue weighted by Gasteiger charge is 2.13. The Balaban J connectivity index is 2.74. The van der Waals surface area contributed by atoms with Crippen LogP contribution < -0.4 is 4.74 Å². The molecule has 1 radical (unpaired) electrons. The van der Waals surface area contributed by atoms with Crippen molar-refractivity contribution < 1.29 is 14.6 Å². The molecule has 0 atom stereocenters. The normalized spacial score (nSPS) is 10.2. The fraction of sp³-hybridized carbons (Fsp3) is 0.0833. The summed E-state index contributed by atoms with van der Waals surface area (Å²) < 4.78 is 4.99. The maximum absolute atomic E-state index is 10.8. The molecule has 0 saturated heterocycles. The zero-order valence-corrected chi connectivity index (χ0v) is 8.19. The number of hydrogen-bond donors (Lipinski definition) is 0. The second-order valence-corrected chi connectivity index (χ2v) is 3.19. The highest BCUT2D eigenvalue weighted by Crippen LogP contribution is 2.25. The first-order chi connectivity index (χ1) is 7.22. The van der Waals surface area contributed by atoms with Gasteiger partial charge in [0.2, 0.25) is 0 Å². The molecule has 3 nitrogen and oxygen atoms in total. The van der Waals surface area contributed by atoms with Gasteiger partial charge in [-0.05, 0) is 22.9 Å². The summed E-state index contributed by atoms with van der Waals surface area (Å²) in [5.74, 6) is -0.897. The molecular formula is C12H9O3. The largest absolute Gasteiger partial charge is 0.496 e. The van der Waals surface area contributed by atoms with Crippen molar-refractivity contribution in [1.29, 1.82) is 0 Å². The van der Waals surface area contributed by atoms with E-state index in [2.05, 4.69) is 0 Å². The molecule has 0 N–H and O–H groups in total. The number of ether oxygens (including phenoxy) is 1. The van der Waals surface area contributed by atoms with E-state index in [-0.39, 0.29) is 5.56 Å². The first-order valence-electron chi connectivity index (χ1n) is 4.50.